The van der Waals surface area contributed by atoms with Gasteiger partial charge in [-0.15, -0.1) is 22.7 Å². The molecule has 0 aromatic carbocycles. The fourth-order valence-electron chi connectivity index (χ4n) is 6.13. The van der Waals surface area contributed by atoms with E-state index >= 15 is 0 Å². The molecule has 2 unspecified atom stereocenters. The van der Waals surface area contributed by atoms with Crippen molar-refractivity contribution in [2.24, 2.45) is 0 Å². The van der Waals surface area contributed by atoms with Crippen LogP contribution < -0.4 is 5.32 Å². The zero-order valence-corrected chi connectivity index (χ0v) is 22.0. The summed E-state index contributed by atoms with van der Waals surface area (Å²) in [6.45, 7) is 0.423. The van der Waals surface area contributed by atoms with Gasteiger partial charge in [0, 0.05) is 28.3 Å². The van der Waals surface area contributed by atoms with E-state index in [4.69, 9.17) is 0 Å². The van der Waals surface area contributed by atoms with Crippen molar-refractivity contribution in [3.05, 3.63) is 52.5 Å². The van der Waals surface area contributed by atoms with Gasteiger partial charge in [0.2, 0.25) is 11.8 Å². The standard InChI is InChI=1S/C27H28N4O4S2/c32-19-16-31(23(33)13-17-5-4-10-28-15-17)18-6-11-30(24(18)19)26(35)27(8-2-1-3-9-27)29-25(34)22-14-21-20(37-22)7-12-36-21/h4-5,7,10,12,14-15,18,24H,1-3,6,8-9,11,13,16H2,(H,29,34). The molecule has 3 fully saturated rings. The lowest BCUT2D eigenvalue weighted by molar-refractivity contribution is -0.143. The van der Waals surface area contributed by atoms with E-state index in [2.05, 4.69) is 10.3 Å². The summed E-state index contributed by atoms with van der Waals surface area (Å²) in [6.07, 6.45) is 7.87. The number of rotatable bonds is 5. The predicted octanol–water partition coefficient (Wildman–Crippen LogP) is 3.41. The van der Waals surface area contributed by atoms with Gasteiger partial charge < -0.3 is 15.1 Å². The van der Waals surface area contributed by atoms with Crippen LogP contribution in [0.3, 0.4) is 0 Å². The molecule has 8 nitrogen and oxygen atoms in total. The van der Waals surface area contributed by atoms with Gasteiger partial charge in [0.25, 0.3) is 5.91 Å². The van der Waals surface area contributed by atoms with Crippen molar-refractivity contribution in [3.63, 3.8) is 0 Å². The first-order chi connectivity index (χ1) is 17.9. The summed E-state index contributed by atoms with van der Waals surface area (Å²) in [5.74, 6) is -0.639. The monoisotopic (exact) mass is 536 g/mol. The van der Waals surface area contributed by atoms with Gasteiger partial charge >= 0.3 is 0 Å². The number of ketones is 1. The molecule has 1 N–H and O–H groups in total. The third-order valence-electron chi connectivity index (χ3n) is 7.91. The van der Waals surface area contributed by atoms with Crippen molar-refractivity contribution in [1.82, 2.24) is 20.1 Å². The van der Waals surface area contributed by atoms with Crippen LogP contribution in [0.4, 0.5) is 0 Å². The second-order valence-corrected chi connectivity index (χ2v) is 12.2. The Balaban J connectivity index is 1.21. The maximum atomic E-state index is 14.1. The molecule has 6 rings (SSSR count). The van der Waals surface area contributed by atoms with Crippen LogP contribution in [-0.4, -0.2) is 69.0 Å². The van der Waals surface area contributed by atoms with Crippen LogP contribution in [0.15, 0.2) is 42.0 Å². The fourth-order valence-corrected chi connectivity index (χ4v) is 8.13. The number of carbonyl (C=O) groups is 4. The number of fused-ring (bicyclic) bond motifs is 2. The van der Waals surface area contributed by atoms with Crippen LogP contribution in [-0.2, 0) is 20.8 Å². The number of carbonyl (C=O) groups excluding carboxylic acids is 4. The Kier molecular flexibility index (Phi) is 6.32. The molecule has 5 heterocycles. The number of amides is 3. The molecule has 2 saturated heterocycles. The molecule has 192 valence electrons. The summed E-state index contributed by atoms with van der Waals surface area (Å²) >= 11 is 3.03. The van der Waals surface area contributed by atoms with Gasteiger partial charge in [-0.2, -0.15) is 0 Å². The van der Waals surface area contributed by atoms with Crippen molar-refractivity contribution in [1.29, 1.82) is 0 Å². The molecule has 3 aromatic heterocycles. The Morgan fingerprint density at radius 3 is 2.70 bits per heavy atom. The van der Waals surface area contributed by atoms with Crippen LogP contribution >= 0.6 is 22.7 Å². The van der Waals surface area contributed by atoms with Crippen LogP contribution in [0.25, 0.3) is 9.40 Å². The van der Waals surface area contributed by atoms with E-state index in [1.165, 1.54) is 11.3 Å². The van der Waals surface area contributed by atoms with Crippen molar-refractivity contribution in [2.45, 2.75) is 62.6 Å². The molecule has 1 saturated carbocycles. The SMILES string of the molecule is O=C(NC1(C(=O)N2CCC3C2C(=O)CN3C(=O)Cc2cccnc2)CCCCC1)c1cc2sccc2s1. The molecular formula is C27H28N4O4S2. The number of thiophene rings is 2. The summed E-state index contributed by atoms with van der Waals surface area (Å²) < 4.78 is 2.13. The van der Waals surface area contributed by atoms with Crippen LogP contribution in [0, 0.1) is 0 Å². The van der Waals surface area contributed by atoms with Crippen LogP contribution in [0.2, 0.25) is 0 Å². The number of aromatic nitrogens is 1. The predicted molar refractivity (Wildman–Crippen MR) is 142 cm³/mol. The topological polar surface area (TPSA) is 99.7 Å². The molecule has 0 bridgehead atoms. The number of hydrogen-bond donors (Lipinski definition) is 1. The largest absolute Gasteiger partial charge is 0.337 e. The summed E-state index contributed by atoms with van der Waals surface area (Å²) in [4.78, 5) is 61.6. The van der Waals surface area contributed by atoms with E-state index in [-0.39, 0.29) is 42.5 Å². The molecule has 37 heavy (non-hydrogen) atoms. The quantitative estimate of drug-likeness (QED) is 0.539. The number of nitrogens with zero attached hydrogens (tertiary/aromatic N) is 3. The van der Waals surface area contributed by atoms with Crippen molar-refractivity contribution in [3.8, 4) is 0 Å². The molecule has 3 amide bonds. The Bertz CT molecular complexity index is 1330. The lowest BCUT2D eigenvalue weighted by Crippen LogP contribution is -2.62. The smallest absolute Gasteiger partial charge is 0.262 e. The maximum Gasteiger partial charge on any atom is 0.262 e. The molecule has 2 atom stereocenters. The highest BCUT2D eigenvalue weighted by molar-refractivity contribution is 7.27. The third-order valence-corrected chi connectivity index (χ3v) is 10.0. The fraction of sp³-hybridized carbons (Fsp3) is 0.444. The highest BCUT2D eigenvalue weighted by atomic mass is 32.1. The Hall–Kier alpha value is -3.11. The molecule has 3 aromatic rings. The molecule has 0 spiro atoms. The van der Waals surface area contributed by atoms with Gasteiger partial charge in [-0.3, -0.25) is 24.2 Å². The van der Waals surface area contributed by atoms with Crippen molar-refractivity contribution < 1.29 is 19.2 Å². The summed E-state index contributed by atoms with van der Waals surface area (Å²) in [6, 6.07) is 6.55. The third kappa shape index (κ3) is 4.35. The summed E-state index contributed by atoms with van der Waals surface area (Å²) in [5, 5.41) is 5.13. The lowest BCUT2D eigenvalue weighted by Gasteiger charge is -2.40. The number of pyridine rings is 1. The van der Waals surface area contributed by atoms with E-state index in [9.17, 15) is 19.2 Å². The second kappa shape index (κ2) is 9.64. The normalized spacial score (nSPS) is 22.9. The number of nitrogens with one attached hydrogen (secondary N) is 1. The van der Waals surface area contributed by atoms with E-state index in [1.807, 2.05) is 23.6 Å². The average Bonchev–Trinajstić information content (AvgIpc) is 3.67. The average molecular weight is 537 g/mol. The summed E-state index contributed by atoms with van der Waals surface area (Å²) in [5.41, 5.74) is -0.221. The van der Waals surface area contributed by atoms with E-state index in [0.717, 1.165) is 34.2 Å². The Labute approximate surface area is 222 Å². The highest BCUT2D eigenvalue weighted by Crippen LogP contribution is 2.37. The van der Waals surface area contributed by atoms with Crippen molar-refractivity contribution >= 4 is 55.6 Å². The van der Waals surface area contributed by atoms with Gasteiger partial charge in [-0.05, 0) is 48.4 Å². The van der Waals surface area contributed by atoms with E-state index < -0.39 is 11.6 Å². The Morgan fingerprint density at radius 1 is 1.11 bits per heavy atom. The van der Waals surface area contributed by atoms with E-state index in [0.29, 0.717) is 30.7 Å². The molecule has 2 aliphatic heterocycles. The number of likely N-dealkylation sites (tertiary alicyclic amines) is 2. The lowest BCUT2D eigenvalue weighted by atomic mass is 9.80. The maximum absolute atomic E-state index is 14.1. The van der Waals surface area contributed by atoms with Gasteiger partial charge in [-0.1, -0.05) is 25.3 Å². The zero-order chi connectivity index (χ0) is 25.6. The molecule has 1 aliphatic carbocycles. The van der Waals surface area contributed by atoms with Crippen molar-refractivity contribution in [2.75, 3.05) is 13.1 Å². The van der Waals surface area contributed by atoms with E-state index in [1.54, 1.807) is 39.6 Å². The van der Waals surface area contributed by atoms with Gasteiger partial charge in [0.15, 0.2) is 5.78 Å². The minimum Gasteiger partial charge on any atom is -0.337 e. The highest BCUT2D eigenvalue weighted by Gasteiger charge is 2.55. The minimum absolute atomic E-state index is 0.0174. The van der Waals surface area contributed by atoms with Gasteiger partial charge in [0.05, 0.1) is 23.9 Å². The molecule has 3 aliphatic rings. The van der Waals surface area contributed by atoms with Gasteiger partial charge in [-0.25, -0.2) is 0 Å². The number of Topliss-reactive ketones (excluding diaryl/α,β-unsaturated/α-hetero) is 1. The molecule has 0 radical (unpaired) electrons. The first kappa shape index (κ1) is 24.2. The molecule has 10 heteroatoms. The Morgan fingerprint density at radius 2 is 1.95 bits per heavy atom. The molecular weight excluding hydrogens is 508 g/mol. The van der Waals surface area contributed by atoms with Crippen LogP contribution in [0.5, 0.6) is 0 Å². The second-order valence-electron chi connectivity index (χ2n) is 10.2. The minimum atomic E-state index is -1.02. The van der Waals surface area contributed by atoms with Gasteiger partial charge in [0.1, 0.15) is 11.6 Å². The zero-order valence-electron chi connectivity index (χ0n) is 20.4. The first-order valence-electron chi connectivity index (χ1n) is 12.8. The van der Waals surface area contributed by atoms with Crippen LogP contribution in [0.1, 0.15) is 53.8 Å². The first-order valence-corrected chi connectivity index (χ1v) is 14.5. The summed E-state index contributed by atoms with van der Waals surface area (Å²) in [7, 11) is 0. The number of hydrogen-bond acceptors (Lipinski definition) is 7.